The molecular formula is C21H27N. The molecule has 2 rings (SSSR count). The Labute approximate surface area is 135 Å². The van der Waals surface area contributed by atoms with Crippen LogP contribution in [0.2, 0.25) is 0 Å². The van der Waals surface area contributed by atoms with E-state index >= 15 is 0 Å². The van der Waals surface area contributed by atoms with E-state index in [2.05, 4.69) is 62.7 Å². The van der Waals surface area contributed by atoms with Gasteiger partial charge in [-0.15, -0.1) is 0 Å². The van der Waals surface area contributed by atoms with Crippen molar-refractivity contribution >= 4 is 11.4 Å². The molecule has 2 aromatic rings. The monoisotopic (exact) mass is 293 g/mol. The van der Waals surface area contributed by atoms with E-state index in [9.17, 15) is 0 Å². The Morgan fingerprint density at radius 3 is 2.23 bits per heavy atom. The van der Waals surface area contributed by atoms with E-state index < -0.39 is 0 Å². The summed E-state index contributed by atoms with van der Waals surface area (Å²) in [4.78, 5) is 4.48. The second-order valence-electron chi connectivity index (χ2n) is 5.48. The van der Waals surface area contributed by atoms with E-state index in [1.807, 2.05) is 25.1 Å². The van der Waals surface area contributed by atoms with Crippen molar-refractivity contribution < 1.29 is 0 Å². The number of hydrogen-bond donors (Lipinski definition) is 0. The standard InChI is InChI=1S/C14H19N.C7H8/c1-5-7-13-8-9-14(11(3)10-13)15-12(4)6-2;1-7-5-3-2-4-6-7/h6,8-10H,2,5,7H2,1,3-4H3;2-6H,1H3. The third-order valence-corrected chi connectivity index (χ3v) is 3.33. The summed E-state index contributed by atoms with van der Waals surface area (Å²) in [6.45, 7) is 12.1. The third kappa shape index (κ3) is 6.53. The first-order valence-electron chi connectivity index (χ1n) is 7.85. The minimum Gasteiger partial charge on any atom is -0.254 e. The molecule has 22 heavy (non-hydrogen) atoms. The maximum absolute atomic E-state index is 4.48. The number of aryl methyl sites for hydroxylation is 3. The molecule has 0 bridgehead atoms. The van der Waals surface area contributed by atoms with Crippen LogP contribution in [0.4, 0.5) is 5.69 Å². The SMILES string of the molecule is C=CC(C)=Nc1ccc(CCC)cc1C.Cc1ccccc1. The zero-order chi connectivity index (χ0) is 16.4. The Bertz CT molecular complexity index is 609. The Morgan fingerprint density at radius 2 is 1.77 bits per heavy atom. The lowest BCUT2D eigenvalue weighted by Crippen LogP contribution is -1.87. The molecule has 0 radical (unpaired) electrons. The molecule has 0 saturated carbocycles. The quantitative estimate of drug-likeness (QED) is 0.593. The van der Waals surface area contributed by atoms with E-state index in [0.29, 0.717) is 0 Å². The van der Waals surface area contributed by atoms with E-state index in [-0.39, 0.29) is 0 Å². The first-order valence-corrected chi connectivity index (χ1v) is 7.85. The maximum atomic E-state index is 4.48. The summed E-state index contributed by atoms with van der Waals surface area (Å²) in [7, 11) is 0. The van der Waals surface area contributed by atoms with Crippen LogP contribution in [0.15, 0.2) is 66.2 Å². The highest BCUT2D eigenvalue weighted by atomic mass is 14.7. The van der Waals surface area contributed by atoms with Gasteiger partial charge in [0.15, 0.2) is 0 Å². The van der Waals surface area contributed by atoms with Gasteiger partial charge in [-0.05, 0) is 50.5 Å². The number of rotatable bonds is 4. The number of nitrogens with zero attached hydrogens (tertiary/aromatic N) is 1. The highest BCUT2D eigenvalue weighted by Crippen LogP contribution is 2.20. The van der Waals surface area contributed by atoms with Gasteiger partial charge < -0.3 is 0 Å². The molecule has 0 atom stereocenters. The molecule has 116 valence electrons. The minimum atomic E-state index is 0.960. The lowest BCUT2D eigenvalue weighted by atomic mass is 10.1. The smallest absolute Gasteiger partial charge is 0.0662 e. The minimum absolute atomic E-state index is 0.960. The van der Waals surface area contributed by atoms with Crippen LogP contribution < -0.4 is 0 Å². The Morgan fingerprint density at radius 1 is 1.09 bits per heavy atom. The summed E-state index contributed by atoms with van der Waals surface area (Å²) in [6.07, 6.45) is 4.11. The highest BCUT2D eigenvalue weighted by Gasteiger charge is 1.98. The maximum Gasteiger partial charge on any atom is 0.0662 e. The number of hydrogen-bond acceptors (Lipinski definition) is 1. The number of aliphatic imine (C=N–C) groups is 1. The van der Waals surface area contributed by atoms with E-state index in [1.165, 1.54) is 23.1 Å². The summed E-state index contributed by atoms with van der Waals surface area (Å²) < 4.78 is 0. The molecular weight excluding hydrogens is 266 g/mol. The van der Waals surface area contributed by atoms with E-state index in [4.69, 9.17) is 0 Å². The Hall–Kier alpha value is -2.15. The topological polar surface area (TPSA) is 12.4 Å². The van der Waals surface area contributed by atoms with Crippen LogP contribution in [0.25, 0.3) is 0 Å². The van der Waals surface area contributed by atoms with Crippen LogP contribution in [0.1, 0.15) is 37.0 Å². The van der Waals surface area contributed by atoms with Crippen LogP contribution in [0.3, 0.4) is 0 Å². The zero-order valence-electron chi connectivity index (χ0n) is 14.3. The normalized spacial score (nSPS) is 10.6. The number of benzene rings is 2. The van der Waals surface area contributed by atoms with Crippen molar-refractivity contribution in [2.75, 3.05) is 0 Å². The van der Waals surface area contributed by atoms with Gasteiger partial charge in [0.2, 0.25) is 0 Å². The van der Waals surface area contributed by atoms with Gasteiger partial charge in [0, 0.05) is 5.71 Å². The summed E-state index contributed by atoms with van der Waals surface area (Å²) >= 11 is 0. The van der Waals surface area contributed by atoms with Crippen molar-refractivity contribution in [2.24, 2.45) is 4.99 Å². The Balaban J connectivity index is 0.000000287. The largest absolute Gasteiger partial charge is 0.254 e. The fourth-order valence-corrected chi connectivity index (χ4v) is 2.06. The van der Waals surface area contributed by atoms with Gasteiger partial charge in [0.1, 0.15) is 0 Å². The van der Waals surface area contributed by atoms with E-state index in [0.717, 1.165) is 17.8 Å². The van der Waals surface area contributed by atoms with Crippen molar-refractivity contribution in [3.8, 4) is 0 Å². The van der Waals surface area contributed by atoms with Gasteiger partial charge >= 0.3 is 0 Å². The zero-order valence-corrected chi connectivity index (χ0v) is 14.3. The molecule has 0 aliphatic heterocycles. The molecule has 0 N–H and O–H groups in total. The van der Waals surface area contributed by atoms with Crippen molar-refractivity contribution in [3.63, 3.8) is 0 Å². The fraction of sp³-hybridized carbons (Fsp3) is 0.286. The van der Waals surface area contributed by atoms with Crippen molar-refractivity contribution in [2.45, 2.75) is 40.5 Å². The predicted octanol–water partition coefficient (Wildman–Crippen LogP) is 6.22. The molecule has 2 aromatic carbocycles. The van der Waals surface area contributed by atoms with Gasteiger partial charge in [0.25, 0.3) is 0 Å². The summed E-state index contributed by atoms with van der Waals surface area (Å²) in [5.41, 5.74) is 5.96. The van der Waals surface area contributed by atoms with Crippen LogP contribution >= 0.6 is 0 Å². The van der Waals surface area contributed by atoms with Crippen LogP contribution in [-0.4, -0.2) is 5.71 Å². The third-order valence-electron chi connectivity index (χ3n) is 3.33. The van der Waals surface area contributed by atoms with Crippen molar-refractivity contribution in [1.29, 1.82) is 0 Å². The number of allylic oxidation sites excluding steroid dienone is 1. The second kappa shape index (κ2) is 9.73. The molecule has 0 aromatic heterocycles. The molecule has 0 amide bonds. The molecule has 0 aliphatic rings. The van der Waals surface area contributed by atoms with Crippen LogP contribution in [-0.2, 0) is 6.42 Å². The highest BCUT2D eigenvalue weighted by molar-refractivity contribution is 5.94. The summed E-state index contributed by atoms with van der Waals surface area (Å²) in [5.74, 6) is 0. The van der Waals surface area contributed by atoms with Crippen LogP contribution in [0.5, 0.6) is 0 Å². The molecule has 0 unspecified atom stereocenters. The summed E-state index contributed by atoms with van der Waals surface area (Å²) in [5, 5.41) is 0. The molecule has 0 aliphatic carbocycles. The molecule has 1 nitrogen and oxygen atoms in total. The average molecular weight is 293 g/mol. The van der Waals surface area contributed by atoms with E-state index in [1.54, 1.807) is 6.08 Å². The molecule has 0 spiro atoms. The molecule has 1 heteroatoms. The lowest BCUT2D eigenvalue weighted by Gasteiger charge is -2.04. The van der Waals surface area contributed by atoms with Gasteiger partial charge in [-0.1, -0.05) is 68.0 Å². The lowest BCUT2D eigenvalue weighted by molar-refractivity contribution is 0.920. The van der Waals surface area contributed by atoms with Gasteiger partial charge in [-0.25, -0.2) is 0 Å². The molecule has 0 fully saturated rings. The average Bonchev–Trinajstić information content (AvgIpc) is 2.51. The molecule has 0 saturated heterocycles. The fourth-order valence-electron chi connectivity index (χ4n) is 2.06. The first kappa shape index (κ1) is 17.9. The predicted molar refractivity (Wildman–Crippen MR) is 99.3 cm³/mol. The van der Waals surface area contributed by atoms with Gasteiger partial charge in [0.05, 0.1) is 5.69 Å². The van der Waals surface area contributed by atoms with Crippen LogP contribution in [0, 0.1) is 13.8 Å². The van der Waals surface area contributed by atoms with Gasteiger partial charge in [-0.3, -0.25) is 4.99 Å². The first-order chi connectivity index (χ1) is 10.6. The Kier molecular flexibility index (Phi) is 7.91. The van der Waals surface area contributed by atoms with Crippen molar-refractivity contribution in [1.82, 2.24) is 0 Å². The summed E-state index contributed by atoms with van der Waals surface area (Å²) in [6, 6.07) is 16.7. The molecule has 0 heterocycles. The second-order valence-corrected chi connectivity index (χ2v) is 5.48. The van der Waals surface area contributed by atoms with Crippen molar-refractivity contribution in [3.05, 3.63) is 77.9 Å². The van der Waals surface area contributed by atoms with Gasteiger partial charge in [-0.2, -0.15) is 0 Å².